The summed E-state index contributed by atoms with van der Waals surface area (Å²) < 4.78 is 20.8. The summed E-state index contributed by atoms with van der Waals surface area (Å²) in [4.78, 5) is 14.3. The Hall–Kier alpha value is -2.37. The van der Waals surface area contributed by atoms with Crippen molar-refractivity contribution in [3.8, 4) is 0 Å². The predicted molar refractivity (Wildman–Crippen MR) is 100 cm³/mol. The molecule has 144 valence electrons. The van der Waals surface area contributed by atoms with Crippen LogP contribution >= 0.6 is 0 Å². The largest absolute Gasteiger partial charge is 0.444 e. The van der Waals surface area contributed by atoms with Crippen molar-refractivity contribution < 1.29 is 13.9 Å². The first-order chi connectivity index (χ1) is 12.8. The lowest BCUT2D eigenvalue weighted by molar-refractivity contribution is 0.0219. The second-order valence-electron chi connectivity index (χ2n) is 8.52. The number of hydrogen-bond donors (Lipinski definition) is 0. The minimum Gasteiger partial charge on any atom is -0.444 e. The van der Waals surface area contributed by atoms with Gasteiger partial charge in [0.15, 0.2) is 0 Å². The van der Waals surface area contributed by atoms with E-state index in [1.807, 2.05) is 25.5 Å². The molecule has 1 saturated carbocycles. The molecule has 27 heavy (non-hydrogen) atoms. The van der Waals surface area contributed by atoms with Gasteiger partial charge in [-0.25, -0.2) is 9.18 Å². The van der Waals surface area contributed by atoms with E-state index in [2.05, 4.69) is 0 Å². The van der Waals surface area contributed by atoms with Gasteiger partial charge in [0.2, 0.25) is 0 Å². The van der Waals surface area contributed by atoms with E-state index in [-0.39, 0.29) is 11.9 Å². The predicted octanol–water partition coefficient (Wildman–Crippen LogP) is 4.24. The number of fused-ring (bicyclic) bond motifs is 1. The fraction of sp³-hybridized carbons (Fsp3) is 0.524. The molecule has 0 saturated heterocycles. The third-order valence-corrected chi connectivity index (χ3v) is 5.03. The maximum absolute atomic E-state index is 13.2. The number of nitrogens with zero attached hydrogens (tertiary/aromatic N) is 3. The first kappa shape index (κ1) is 18.0. The van der Waals surface area contributed by atoms with Crippen molar-refractivity contribution in [1.29, 1.82) is 0 Å². The molecule has 1 aliphatic carbocycles. The van der Waals surface area contributed by atoms with Gasteiger partial charge in [0.25, 0.3) is 0 Å². The molecule has 5 nitrogen and oxygen atoms in total. The second-order valence-corrected chi connectivity index (χ2v) is 8.52. The molecule has 0 radical (unpaired) electrons. The first-order valence-electron chi connectivity index (χ1n) is 9.61. The van der Waals surface area contributed by atoms with Crippen LogP contribution in [-0.2, 0) is 24.2 Å². The second kappa shape index (κ2) is 6.66. The number of rotatable bonds is 3. The number of carbonyl (C=O) groups is 1. The Labute approximate surface area is 159 Å². The summed E-state index contributed by atoms with van der Waals surface area (Å²) in [6, 6.07) is 6.52. The Morgan fingerprint density at radius 3 is 2.59 bits per heavy atom. The Kier molecular flexibility index (Phi) is 4.44. The molecule has 6 heteroatoms. The van der Waals surface area contributed by atoms with Gasteiger partial charge in [0.05, 0.1) is 24.5 Å². The summed E-state index contributed by atoms with van der Waals surface area (Å²) in [6.45, 7) is 7.38. The van der Waals surface area contributed by atoms with E-state index in [1.165, 1.54) is 36.2 Å². The van der Waals surface area contributed by atoms with Crippen molar-refractivity contribution in [3.05, 3.63) is 52.6 Å². The van der Waals surface area contributed by atoms with Crippen LogP contribution in [0, 0.1) is 5.82 Å². The van der Waals surface area contributed by atoms with Gasteiger partial charge in [-0.2, -0.15) is 5.10 Å². The van der Waals surface area contributed by atoms with E-state index in [0.29, 0.717) is 25.6 Å². The van der Waals surface area contributed by atoms with E-state index in [0.717, 1.165) is 17.7 Å². The van der Waals surface area contributed by atoms with Gasteiger partial charge in [0.1, 0.15) is 11.4 Å². The Bertz CT molecular complexity index is 848. The average Bonchev–Trinajstić information content (AvgIpc) is 3.38. The molecule has 1 fully saturated rings. The van der Waals surface area contributed by atoms with Crippen LogP contribution in [0.25, 0.3) is 0 Å². The lowest BCUT2D eigenvalue weighted by Gasteiger charge is -2.30. The van der Waals surface area contributed by atoms with Crippen LogP contribution in [0.15, 0.2) is 24.3 Å². The summed E-state index contributed by atoms with van der Waals surface area (Å²) in [6.07, 6.45) is 2.91. The molecule has 0 spiro atoms. The molecule has 1 amide bonds. The number of amides is 1. The van der Waals surface area contributed by atoms with Crippen molar-refractivity contribution in [1.82, 2.24) is 14.7 Å². The molecule has 0 N–H and O–H groups in total. The van der Waals surface area contributed by atoms with E-state index in [1.54, 1.807) is 17.0 Å². The molecular weight excluding hydrogens is 345 g/mol. The van der Waals surface area contributed by atoms with Crippen molar-refractivity contribution in [2.45, 2.75) is 64.6 Å². The van der Waals surface area contributed by atoms with Gasteiger partial charge in [-0.1, -0.05) is 12.1 Å². The third kappa shape index (κ3) is 3.99. The van der Waals surface area contributed by atoms with Gasteiger partial charge in [0, 0.05) is 18.0 Å². The Morgan fingerprint density at radius 1 is 1.26 bits per heavy atom. The van der Waals surface area contributed by atoms with Crippen LogP contribution in [0.2, 0.25) is 0 Å². The highest BCUT2D eigenvalue weighted by atomic mass is 19.1. The summed E-state index contributed by atoms with van der Waals surface area (Å²) >= 11 is 0. The maximum atomic E-state index is 13.2. The van der Waals surface area contributed by atoms with Gasteiger partial charge < -0.3 is 9.64 Å². The molecule has 0 unspecified atom stereocenters. The highest BCUT2D eigenvalue weighted by molar-refractivity contribution is 5.68. The van der Waals surface area contributed by atoms with Crippen molar-refractivity contribution in [2.75, 3.05) is 6.54 Å². The van der Waals surface area contributed by atoms with Crippen molar-refractivity contribution >= 4 is 6.09 Å². The monoisotopic (exact) mass is 371 g/mol. The molecular formula is C21H26FN3O2. The van der Waals surface area contributed by atoms with Crippen molar-refractivity contribution in [3.63, 3.8) is 0 Å². The Morgan fingerprint density at radius 2 is 1.96 bits per heavy atom. The molecule has 2 aromatic rings. The zero-order valence-corrected chi connectivity index (χ0v) is 16.2. The Balaban J connectivity index is 1.60. The molecule has 1 aromatic carbocycles. The van der Waals surface area contributed by atoms with Crippen LogP contribution in [0.5, 0.6) is 0 Å². The third-order valence-electron chi connectivity index (χ3n) is 5.03. The number of ether oxygens (including phenoxy) is 1. The normalized spacial score (nSPS) is 17.0. The molecule has 1 aromatic heterocycles. The number of hydrogen-bond acceptors (Lipinski definition) is 3. The summed E-state index contributed by atoms with van der Waals surface area (Å²) in [7, 11) is 0. The van der Waals surface area contributed by atoms with Gasteiger partial charge in [-0.3, -0.25) is 4.68 Å². The molecule has 0 atom stereocenters. The van der Waals surface area contributed by atoms with Crippen LogP contribution < -0.4 is 0 Å². The zero-order valence-electron chi connectivity index (χ0n) is 16.2. The maximum Gasteiger partial charge on any atom is 0.410 e. The number of halogens is 1. The highest BCUT2D eigenvalue weighted by Gasteiger charge is 2.35. The smallest absolute Gasteiger partial charge is 0.410 e. The van der Waals surface area contributed by atoms with Crippen LogP contribution in [0.3, 0.4) is 0 Å². The lowest BCUT2D eigenvalue weighted by atomic mass is 10.0. The standard InChI is InChI=1S/C21H26FN3O2/c1-21(2,3)27-20(26)24-11-10-17-18(13-24)25(23-19(17)15-6-7-15)12-14-4-8-16(22)9-5-14/h4-5,8-9,15H,6-7,10-13H2,1-3H3. The van der Waals surface area contributed by atoms with E-state index >= 15 is 0 Å². The number of aromatic nitrogens is 2. The van der Waals surface area contributed by atoms with Crippen molar-refractivity contribution in [2.24, 2.45) is 0 Å². The van der Waals surface area contributed by atoms with E-state index in [9.17, 15) is 9.18 Å². The van der Waals surface area contributed by atoms with E-state index in [4.69, 9.17) is 9.84 Å². The van der Waals surface area contributed by atoms with Crippen LogP contribution in [-0.4, -0.2) is 32.9 Å². The van der Waals surface area contributed by atoms with Gasteiger partial charge in [-0.15, -0.1) is 0 Å². The summed E-state index contributed by atoms with van der Waals surface area (Å²) in [5, 5.41) is 4.88. The van der Waals surface area contributed by atoms with Crippen LogP contribution in [0.1, 0.15) is 62.0 Å². The van der Waals surface area contributed by atoms with E-state index < -0.39 is 5.60 Å². The van der Waals surface area contributed by atoms with Crippen LogP contribution in [0.4, 0.5) is 9.18 Å². The molecule has 2 aliphatic rings. The topological polar surface area (TPSA) is 47.4 Å². The van der Waals surface area contributed by atoms with Gasteiger partial charge >= 0.3 is 6.09 Å². The van der Waals surface area contributed by atoms with Gasteiger partial charge in [-0.05, 0) is 57.7 Å². The lowest BCUT2D eigenvalue weighted by Crippen LogP contribution is -2.40. The quantitative estimate of drug-likeness (QED) is 0.811. The number of benzene rings is 1. The zero-order chi connectivity index (χ0) is 19.2. The minimum atomic E-state index is -0.509. The first-order valence-corrected chi connectivity index (χ1v) is 9.61. The summed E-state index contributed by atoms with van der Waals surface area (Å²) in [5.74, 6) is 0.317. The fourth-order valence-corrected chi connectivity index (χ4v) is 3.57. The minimum absolute atomic E-state index is 0.240. The average molecular weight is 371 g/mol. The molecule has 4 rings (SSSR count). The number of carbonyl (C=O) groups excluding carboxylic acids is 1. The molecule has 2 heterocycles. The fourth-order valence-electron chi connectivity index (χ4n) is 3.57. The highest BCUT2D eigenvalue weighted by Crippen LogP contribution is 2.43. The SMILES string of the molecule is CC(C)(C)OC(=O)N1CCc2c(C3CC3)nn(Cc3ccc(F)cc3)c2C1. The molecule has 1 aliphatic heterocycles. The summed E-state index contributed by atoms with van der Waals surface area (Å²) in [5.41, 5.74) is 4.05. The molecule has 0 bridgehead atoms.